The van der Waals surface area contributed by atoms with E-state index in [1.165, 1.54) is 6.42 Å². The lowest BCUT2D eigenvalue weighted by Gasteiger charge is -2.35. The van der Waals surface area contributed by atoms with Crippen LogP contribution in [0.3, 0.4) is 0 Å². The summed E-state index contributed by atoms with van der Waals surface area (Å²) in [5, 5.41) is 0. The molecule has 0 saturated carbocycles. The van der Waals surface area contributed by atoms with Crippen LogP contribution >= 0.6 is 0 Å². The van der Waals surface area contributed by atoms with Crippen LogP contribution in [-0.4, -0.2) is 26.9 Å². The van der Waals surface area contributed by atoms with Crippen molar-refractivity contribution in [2.75, 3.05) is 26.9 Å². The zero-order valence-corrected chi connectivity index (χ0v) is 9.56. The van der Waals surface area contributed by atoms with Crippen LogP contribution in [0.2, 0.25) is 0 Å². The molecule has 0 N–H and O–H groups in total. The van der Waals surface area contributed by atoms with Crippen LogP contribution in [-0.2, 0) is 9.47 Å². The van der Waals surface area contributed by atoms with Crippen molar-refractivity contribution in [3.05, 3.63) is 0 Å². The molecule has 80 valence electrons. The molecule has 1 saturated heterocycles. The van der Waals surface area contributed by atoms with E-state index >= 15 is 0 Å². The number of hydrogen-bond acceptors (Lipinski definition) is 2. The van der Waals surface area contributed by atoms with Crippen LogP contribution in [0.25, 0.3) is 0 Å². The Morgan fingerprint density at radius 1 is 1.23 bits per heavy atom. The van der Waals surface area contributed by atoms with Gasteiger partial charge in [0, 0.05) is 20.3 Å². The number of ether oxygens (including phenoxy) is 2. The Labute approximate surface area is 82.6 Å². The molecule has 0 radical (unpaired) electrons. The highest BCUT2D eigenvalue weighted by molar-refractivity contribution is 4.79. The van der Waals surface area contributed by atoms with Crippen LogP contribution < -0.4 is 0 Å². The van der Waals surface area contributed by atoms with Crippen LogP contribution in [0.4, 0.5) is 0 Å². The highest BCUT2D eigenvalue weighted by Gasteiger charge is 2.30. The molecule has 1 fully saturated rings. The fraction of sp³-hybridized carbons (Fsp3) is 1.00. The first-order chi connectivity index (χ1) is 6.33. The fourth-order valence-electron chi connectivity index (χ4n) is 1.71. The van der Waals surface area contributed by atoms with Gasteiger partial charge in [0.15, 0.2) is 0 Å². The van der Waals surface area contributed by atoms with Gasteiger partial charge in [-0.3, -0.25) is 0 Å². The largest absolute Gasteiger partial charge is 0.384 e. The van der Waals surface area contributed by atoms with E-state index in [2.05, 4.69) is 6.92 Å². The lowest BCUT2D eigenvalue weighted by molar-refractivity contribution is -0.0295. The summed E-state index contributed by atoms with van der Waals surface area (Å²) in [6.07, 6.45) is 3.54. The fourth-order valence-corrected chi connectivity index (χ4v) is 1.71. The first kappa shape index (κ1) is 12.9. The minimum Gasteiger partial charge on any atom is -0.384 e. The minimum atomic E-state index is 0.424. The Hall–Kier alpha value is -0.0800. The molecule has 0 aromatic carbocycles. The highest BCUT2D eigenvalue weighted by Crippen LogP contribution is 2.33. The summed E-state index contributed by atoms with van der Waals surface area (Å²) in [4.78, 5) is 0. The van der Waals surface area contributed by atoms with E-state index < -0.39 is 0 Å². The zero-order valence-electron chi connectivity index (χ0n) is 9.56. The predicted octanol–water partition coefficient (Wildman–Crippen LogP) is 2.87. The van der Waals surface area contributed by atoms with Gasteiger partial charge in [-0.1, -0.05) is 20.8 Å². The van der Waals surface area contributed by atoms with E-state index in [1.807, 2.05) is 13.8 Å². The van der Waals surface area contributed by atoms with Gasteiger partial charge in [-0.15, -0.1) is 0 Å². The van der Waals surface area contributed by atoms with Crippen molar-refractivity contribution in [3.63, 3.8) is 0 Å². The predicted molar refractivity (Wildman–Crippen MR) is 56.0 cm³/mol. The molecule has 0 aromatic heterocycles. The molecule has 1 aliphatic heterocycles. The maximum atomic E-state index is 5.32. The minimum absolute atomic E-state index is 0.424. The molecular formula is C11H24O2. The zero-order chi connectivity index (χ0) is 10.2. The van der Waals surface area contributed by atoms with Crippen molar-refractivity contribution < 1.29 is 9.47 Å². The van der Waals surface area contributed by atoms with Crippen molar-refractivity contribution in [1.82, 2.24) is 0 Å². The Morgan fingerprint density at radius 2 is 1.77 bits per heavy atom. The third-order valence-corrected chi connectivity index (χ3v) is 2.75. The molecule has 0 aliphatic carbocycles. The molecule has 0 bridgehead atoms. The van der Waals surface area contributed by atoms with Gasteiger partial charge in [-0.2, -0.15) is 0 Å². The third-order valence-electron chi connectivity index (χ3n) is 2.75. The average molecular weight is 188 g/mol. The van der Waals surface area contributed by atoms with E-state index in [-0.39, 0.29) is 0 Å². The molecular weight excluding hydrogens is 164 g/mol. The Morgan fingerprint density at radius 3 is 2.15 bits per heavy atom. The molecule has 2 heteroatoms. The Kier molecular flexibility index (Phi) is 7.29. The maximum Gasteiger partial charge on any atom is 0.0520 e. The number of methoxy groups -OCH3 is 1. The number of hydrogen-bond donors (Lipinski definition) is 0. The summed E-state index contributed by atoms with van der Waals surface area (Å²) in [5.41, 5.74) is 0.424. The average Bonchev–Trinajstić information content (AvgIpc) is 2.23. The molecule has 0 atom stereocenters. The molecule has 13 heavy (non-hydrogen) atoms. The Balaban J connectivity index is 0.000000671. The van der Waals surface area contributed by atoms with E-state index in [0.717, 1.165) is 32.7 Å². The molecule has 0 unspecified atom stereocenters. The molecule has 0 aromatic rings. The summed E-state index contributed by atoms with van der Waals surface area (Å²) in [5.74, 6) is 0. The molecule has 0 amide bonds. The van der Waals surface area contributed by atoms with E-state index in [0.29, 0.717) is 5.41 Å². The van der Waals surface area contributed by atoms with Crippen molar-refractivity contribution in [2.24, 2.45) is 5.41 Å². The summed E-state index contributed by atoms with van der Waals surface area (Å²) in [6, 6.07) is 0. The second-order valence-corrected chi connectivity index (χ2v) is 3.40. The van der Waals surface area contributed by atoms with Crippen molar-refractivity contribution in [2.45, 2.75) is 40.0 Å². The quantitative estimate of drug-likeness (QED) is 0.678. The van der Waals surface area contributed by atoms with E-state index in [9.17, 15) is 0 Å². The normalized spacial score (nSPS) is 20.3. The van der Waals surface area contributed by atoms with Crippen molar-refractivity contribution in [3.8, 4) is 0 Å². The molecule has 1 rings (SSSR count). The van der Waals surface area contributed by atoms with Gasteiger partial charge in [-0.05, 0) is 24.7 Å². The summed E-state index contributed by atoms with van der Waals surface area (Å²) in [7, 11) is 1.78. The van der Waals surface area contributed by atoms with Gasteiger partial charge in [0.05, 0.1) is 6.61 Å². The Bertz CT molecular complexity index is 101. The SMILES string of the molecule is CC.CCC1(COC)CCOCC1. The van der Waals surface area contributed by atoms with Crippen molar-refractivity contribution >= 4 is 0 Å². The second kappa shape index (κ2) is 7.34. The van der Waals surface area contributed by atoms with Crippen LogP contribution in [0, 0.1) is 5.41 Å². The van der Waals surface area contributed by atoms with E-state index in [4.69, 9.17) is 9.47 Å². The molecule has 1 aliphatic rings. The first-order valence-corrected chi connectivity index (χ1v) is 5.40. The van der Waals surface area contributed by atoms with Crippen LogP contribution in [0.1, 0.15) is 40.0 Å². The lowest BCUT2D eigenvalue weighted by atomic mass is 9.79. The monoisotopic (exact) mass is 188 g/mol. The van der Waals surface area contributed by atoms with Gasteiger partial charge in [0.25, 0.3) is 0 Å². The standard InChI is InChI=1S/C9H18O2.C2H6/c1-3-9(8-10-2)4-6-11-7-5-9;1-2/h3-8H2,1-2H3;1-2H3. The maximum absolute atomic E-state index is 5.32. The van der Waals surface area contributed by atoms with Gasteiger partial charge in [0.1, 0.15) is 0 Å². The highest BCUT2D eigenvalue weighted by atomic mass is 16.5. The molecule has 2 nitrogen and oxygen atoms in total. The summed E-state index contributed by atoms with van der Waals surface area (Å²) in [6.45, 7) is 8.96. The van der Waals surface area contributed by atoms with Crippen LogP contribution in [0.15, 0.2) is 0 Å². The van der Waals surface area contributed by atoms with E-state index in [1.54, 1.807) is 7.11 Å². The topological polar surface area (TPSA) is 18.5 Å². The smallest absolute Gasteiger partial charge is 0.0520 e. The third kappa shape index (κ3) is 4.10. The van der Waals surface area contributed by atoms with Gasteiger partial charge < -0.3 is 9.47 Å². The van der Waals surface area contributed by atoms with Gasteiger partial charge in [0.2, 0.25) is 0 Å². The summed E-state index contributed by atoms with van der Waals surface area (Å²) >= 11 is 0. The first-order valence-electron chi connectivity index (χ1n) is 5.40. The van der Waals surface area contributed by atoms with Crippen molar-refractivity contribution in [1.29, 1.82) is 0 Å². The second-order valence-electron chi connectivity index (χ2n) is 3.40. The lowest BCUT2D eigenvalue weighted by Crippen LogP contribution is -2.33. The number of rotatable bonds is 3. The van der Waals surface area contributed by atoms with Crippen LogP contribution in [0.5, 0.6) is 0 Å². The molecule has 0 spiro atoms. The van der Waals surface area contributed by atoms with Gasteiger partial charge >= 0.3 is 0 Å². The molecule has 1 heterocycles. The van der Waals surface area contributed by atoms with Gasteiger partial charge in [-0.25, -0.2) is 0 Å². The summed E-state index contributed by atoms with van der Waals surface area (Å²) < 4.78 is 10.5.